The maximum absolute atomic E-state index is 12.2. The van der Waals surface area contributed by atoms with Crippen molar-refractivity contribution in [1.29, 1.82) is 0 Å². The molecule has 1 aromatic carbocycles. The molecule has 0 aliphatic carbocycles. The molecule has 0 bridgehead atoms. The van der Waals surface area contributed by atoms with Crippen molar-refractivity contribution in [3.8, 4) is 0 Å². The summed E-state index contributed by atoms with van der Waals surface area (Å²) in [5, 5.41) is 3.53. The molecule has 0 saturated carbocycles. The Morgan fingerprint density at radius 2 is 1.80 bits per heavy atom. The minimum Gasteiger partial charge on any atom is -0.320 e. The lowest BCUT2D eigenvalue weighted by Gasteiger charge is -2.09. The van der Waals surface area contributed by atoms with E-state index in [-0.39, 0.29) is 11.9 Å². The number of amides is 1. The first-order valence-corrected chi connectivity index (χ1v) is 7.04. The van der Waals surface area contributed by atoms with Crippen molar-refractivity contribution in [2.75, 3.05) is 5.32 Å². The van der Waals surface area contributed by atoms with E-state index < -0.39 is 0 Å². The van der Waals surface area contributed by atoms with Gasteiger partial charge < -0.3 is 5.32 Å². The standard InChI is InChI=1S/C16H17ClN2O/c1-3-13-8-10-19(11-9-13)12(2)16(20)18-15-6-4-14(17)5-7-15/h4-12H,3H2,1-2H3/p+1/t12-/m1/s1. The molecule has 0 fully saturated rings. The van der Waals surface area contributed by atoms with Gasteiger partial charge in [0.2, 0.25) is 6.04 Å². The van der Waals surface area contributed by atoms with Gasteiger partial charge in [-0.25, -0.2) is 0 Å². The molecule has 20 heavy (non-hydrogen) atoms. The second-order valence-corrected chi connectivity index (χ2v) is 5.12. The number of aromatic nitrogens is 1. The van der Waals surface area contributed by atoms with Crippen molar-refractivity contribution >= 4 is 23.2 Å². The largest absolute Gasteiger partial charge is 0.320 e. The van der Waals surface area contributed by atoms with E-state index in [9.17, 15) is 4.79 Å². The van der Waals surface area contributed by atoms with Crippen molar-refractivity contribution in [2.45, 2.75) is 26.3 Å². The van der Waals surface area contributed by atoms with Crippen LogP contribution in [0, 0.1) is 0 Å². The molecule has 2 rings (SSSR count). The van der Waals surface area contributed by atoms with Gasteiger partial charge in [0, 0.05) is 29.8 Å². The van der Waals surface area contributed by atoms with E-state index in [0.717, 1.165) is 12.1 Å². The van der Waals surface area contributed by atoms with Gasteiger partial charge in [-0.05, 0) is 36.2 Å². The van der Waals surface area contributed by atoms with E-state index in [0.29, 0.717) is 5.02 Å². The molecule has 1 amide bonds. The Morgan fingerprint density at radius 3 is 2.35 bits per heavy atom. The SMILES string of the molecule is CCc1cc[n+]([C@H](C)C(=O)Nc2ccc(Cl)cc2)cc1. The highest BCUT2D eigenvalue weighted by Crippen LogP contribution is 2.14. The molecule has 4 heteroatoms. The lowest BCUT2D eigenvalue weighted by Crippen LogP contribution is -2.44. The van der Waals surface area contributed by atoms with E-state index in [2.05, 4.69) is 12.2 Å². The first-order chi connectivity index (χ1) is 9.60. The topological polar surface area (TPSA) is 33.0 Å². The van der Waals surface area contributed by atoms with Gasteiger partial charge in [-0.3, -0.25) is 4.79 Å². The molecular formula is C16H18ClN2O+. The molecule has 0 aliphatic rings. The molecule has 1 heterocycles. The van der Waals surface area contributed by atoms with Gasteiger partial charge in [-0.15, -0.1) is 0 Å². The Bertz CT molecular complexity index is 578. The molecule has 2 aromatic rings. The number of aryl methyl sites for hydroxylation is 1. The van der Waals surface area contributed by atoms with Crippen molar-refractivity contribution in [3.63, 3.8) is 0 Å². The summed E-state index contributed by atoms with van der Waals surface area (Å²) in [7, 11) is 0. The predicted octanol–water partition coefficient (Wildman–Crippen LogP) is 3.39. The van der Waals surface area contributed by atoms with Crippen LogP contribution in [0.4, 0.5) is 5.69 Å². The number of rotatable bonds is 4. The summed E-state index contributed by atoms with van der Waals surface area (Å²) in [6.07, 6.45) is 4.86. The van der Waals surface area contributed by atoms with Crippen molar-refractivity contribution in [2.24, 2.45) is 0 Å². The summed E-state index contributed by atoms with van der Waals surface area (Å²) >= 11 is 5.82. The number of pyridine rings is 1. The molecule has 0 saturated heterocycles. The number of hydrogen-bond donors (Lipinski definition) is 1. The molecular weight excluding hydrogens is 272 g/mol. The van der Waals surface area contributed by atoms with Gasteiger partial charge in [0.05, 0.1) is 0 Å². The molecule has 0 unspecified atom stereocenters. The van der Waals surface area contributed by atoms with Crippen LogP contribution in [-0.4, -0.2) is 5.91 Å². The van der Waals surface area contributed by atoms with E-state index in [1.165, 1.54) is 5.56 Å². The normalized spacial score (nSPS) is 11.9. The van der Waals surface area contributed by atoms with Crippen LogP contribution in [0.2, 0.25) is 5.02 Å². The van der Waals surface area contributed by atoms with E-state index in [1.54, 1.807) is 24.3 Å². The third-order valence-corrected chi connectivity index (χ3v) is 3.52. The highest BCUT2D eigenvalue weighted by Gasteiger charge is 2.21. The van der Waals surface area contributed by atoms with Gasteiger partial charge in [0.1, 0.15) is 0 Å². The maximum Gasteiger partial charge on any atom is 0.293 e. The third kappa shape index (κ3) is 3.58. The number of hydrogen-bond acceptors (Lipinski definition) is 1. The molecule has 0 spiro atoms. The zero-order valence-electron chi connectivity index (χ0n) is 11.6. The average Bonchev–Trinajstić information content (AvgIpc) is 2.49. The molecule has 1 aromatic heterocycles. The van der Waals surface area contributed by atoms with Crippen LogP contribution in [-0.2, 0) is 11.2 Å². The summed E-state index contributed by atoms with van der Waals surface area (Å²) in [5.41, 5.74) is 2.00. The Balaban J connectivity index is 2.05. The number of anilines is 1. The maximum atomic E-state index is 12.2. The van der Waals surface area contributed by atoms with Crippen LogP contribution in [0.5, 0.6) is 0 Å². The summed E-state index contributed by atoms with van der Waals surface area (Å²) in [5.74, 6) is -0.0541. The summed E-state index contributed by atoms with van der Waals surface area (Å²) in [4.78, 5) is 12.2. The third-order valence-electron chi connectivity index (χ3n) is 3.27. The van der Waals surface area contributed by atoms with Crippen LogP contribution < -0.4 is 9.88 Å². The van der Waals surface area contributed by atoms with Crippen LogP contribution in [0.1, 0.15) is 25.5 Å². The molecule has 0 radical (unpaired) electrons. The smallest absolute Gasteiger partial charge is 0.293 e. The van der Waals surface area contributed by atoms with Crippen LogP contribution in [0.15, 0.2) is 48.8 Å². The number of carbonyl (C=O) groups is 1. The number of nitrogens with zero attached hydrogens (tertiary/aromatic N) is 1. The van der Waals surface area contributed by atoms with Gasteiger partial charge >= 0.3 is 0 Å². The van der Waals surface area contributed by atoms with Crippen molar-refractivity contribution in [1.82, 2.24) is 0 Å². The van der Waals surface area contributed by atoms with E-state index in [1.807, 2.05) is 36.0 Å². The molecule has 3 nitrogen and oxygen atoms in total. The van der Waals surface area contributed by atoms with Crippen LogP contribution >= 0.6 is 11.6 Å². The van der Waals surface area contributed by atoms with Gasteiger partial charge in [0.15, 0.2) is 12.4 Å². The fraction of sp³-hybridized carbons (Fsp3) is 0.250. The van der Waals surface area contributed by atoms with E-state index >= 15 is 0 Å². The highest BCUT2D eigenvalue weighted by atomic mass is 35.5. The summed E-state index contributed by atoms with van der Waals surface area (Å²) < 4.78 is 1.89. The zero-order valence-corrected chi connectivity index (χ0v) is 12.4. The van der Waals surface area contributed by atoms with Crippen LogP contribution in [0.25, 0.3) is 0 Å². The zero-order chi connectivity index (χ0) is 14.5. The lowest BCUT2D eigenvalue weighted by atomic mass is 10.2. The highest BCUT2D eigenvalue weighted by molar-refractivity contribution is 6.30. The monoisotopic (exact) mass is 289 g/mol. The Kier molecular flexibility index (Phi) is 4.74. The van der Waals surface area contributed by atoms with E-state index in [4.69, 9.17) is 11.6 Å². The first-order valence-electron chi connectivity index (χ1n) is 6.66. The Morgan fingerprint density at radius 1 is 1.20 bits per heavy atom. The number of carbonyl (C=O) groups excluding carboxylic acids is 1. The summed E-state index contributed by atoms with van der Waals surface area (Å²) in [6, 6.07) is 10.9. The Labute approximate surface area is 124 Å². The quantitative estimate of drug-likeness (QED) is 0.860. The van der Waals surface area contributed by atoms with Crippen LogP contribution in [0.3, 0.4) is 0 Å². The minimum atomic E-state index is -0.267. The molecule has 104 valence electrons. The average molecular weight is 290 g/mol. The molecule has 1 N–H and O–H groups in total. The first kappa shape index (κ1) is 14.5. The second-order valence-electron chi connectivity index (χ2n) is 4.68. The van der Waals surface area contributed by atoms with Gasteiger partial charge in [0.25, 0.3) is 5.91 Å². The van der Waals surface area contributed by atoms with Crippen molar-refractivity contribution < 1.29 is 9.36 Å². The number of halogens is 1. The van der Waals surface area contributed by atoms with Gasteiger partial charge in [-0.2, -0.15) is 4.57 Å². The fourth-order valence-corrected chi connectivity index (χ4v) is 2.00. The molecule has 0 aliphatic heterocycles. The molecule has 1 atom stereocenters. The number of nitrogens with one attached hydrogen (secondary N) is 1. The fourth-order valence-electron chi connectivity index (χ4n) is 1.88. The van der Waals surface area contributed by atoms with Crippen molar-refractivity contribution in [3.05, 3.63) is 59.4 Å². The summed E-state index contributed by atoms with van der Waals surface area (Å²) in [6.45, 7) is 3.98. The van der Waals surface area contributed by atoms with Gasteiger partial charge in [-0.1, -0.05) is 18.5 Å². The second kappa shape index (κ2) is 6.53. The predicted molar refractivity (Wildman–Crippen MR) is 80.8 cm³/mol. The Hall–Kier alpha value is -1.87. The minimum absolute atomic E-state index is 0.0541. The number of benzene rings is 1. The lowest BCUT2D eigenvalue weighted by molar-refractivity contribution is -0.705.